The number of epoxide rings is 1. The molecule has 2 aliphatic rings. The highest BCUT2D eigenvalue weighted by Crippen LogP contribution is 2.30. The highest BCUT2D eigenvalue weighted by molar-refractivity contribution is 4.84. The Morgan fingerprint density at radius 3 is 2.13 bits per heavy atom. The lowest BCUT2D eigenvalue weighted by molar-refractivity contribution is -0.138. The van der Waals surface area contributed by atoms with E-state index >= 15 is 0 Å². The molecule has 30 heavy (non-hydrogen) atoms. The molecular weight excluding hydrogens is 380 g/mol. The second-order valence-corrected chi connectivity index (χ2v) is 9.33. The SMILES string of the molecule is CCCCCCCCCCCC[C@@H](OCOC)[C@H]1CC[C@H](C(O)CCC[C@@H]2CO2)O1. The molecular formula is C25H48O5. The van der Waals surface area contributed by atoms with E-state index < -0.39 is 0 Å². The smallest absolute Gasteiger partial charge is 0.146 e. The Morgan fingerprint density at radius 2 is 1.50 bits per heavy atom. The standard InChI is InChI=1S/C25H48O5/c1-3-4-5-6-7-8-9-10-11-12-16-24(29-20-27-2)25-18-17-23(30-25)22(26)15-13-14-21-19-28-21/h21-26H,3-20H2,1-2H3/t21-,22?,23-,24-,25-/m1/s1. The van der Waals surface area contributed by atoms with Crippen molar-refractivity contribution in [2.24, 2.45) is 0 Å². The number of rotatable bonds is 20. The molecule has 2 fully saturated rings. The first-order valence-electron chi connectivity index (χ1n) is 12.8. The Kier molecular flexibility index (Phi) is 14.3. The summed E-state index contributed by atoms with van der Waals surface area (Å²) in [6.45, 7) is 3.49. The van der Waals surface area contributed by atoms with Gasteiger partial charge in [-0.3, -0.25) is 0 Å². The summed E-state index contributed by atoms with van der Waals surface area (Å²) in [4.78, 5) is 0. The largest absolute Gasteiger partial charge is 0.390 e. The average molecular weight is 429 g/mol. The summed E-state index contributed by atoms with van der Waals surface area (Å²) in [5.41, 5.74) is 0. The van der Waals surface area contributed by atoms with Crippen molar-refractivity contribution in [2.45, 2.75) is 140 Å². The van der Waals surface area contributed by atoms with Gasteiger partial charge in [0.1, 0.15) is 6.79 Å². The maximum absolute atomic E-state index is 10.5. The predicted molar refractivity (Wildman–Crippen MR) is 121 cm³/mol. The molecule has 178 valence electrons. The first-order valence-corrected chi connectivity index (χ1v) is 12.8. The molecule has 0 radical (unpaired) electrons. The molecule has 0 aromatic rings. The van der Waals surface area contributed by atoms with Crippen LogP contribution in [0.2, 0.25) is 0 Å². The molecule has 0 amide bonds. The van der Waals surface area contributed by atoms with Gasteiger partial charge in [0, 0.05) is 7.11 Å². The van der Waals surface area contributed by atoms with Gasteiger partial charge < -0.3 is 24.1 Å². The maximum atomic E-state index is 10.5. The number of hydrogen-bond acceptors (Lipinski definition) is 5. The molecule has 5 heteroatoms. The van der Waals surface area contributed by atoms with Crippen molar-refractivity contribution in [1.82, 2.24) is 0 Å². The van der Waals surface area contributed by atoms with E-state index in [4.69, 9.17) is 18.9 Å². The molecule has 5 atom stereocenters. The van der Waals surface area contributed by atoms with Crippen LogP contribution in [0.4, 0.5) is 0 Å². The van der Waals surface area contributed by atoms with Gasteiger partial charge >= 0.3 is 0 Å². The fourth-order valence-electron chi connectivity index (χ4n) is 4.59. The minimum absolute atomic E-state index is 0.0449. The maximum Gasteiger partial charge on any atom is 0.146 e. The molecule has 1 unspecified atom stereocenters. The van der Waals surface area contributed by atoms with Crippen LogP contribution in [-0.2, 0) is 18.9 Å². The third kappa shape index (κ3) is 11.4. The summed E-state index contributed by atoms with van der Waals surface area (Å²) in [5.74, 6) is 0. The Hall–Kier alpha value is -0.200. The zero-order chi connectivity index (χ0) is 21.4. The van der Waals surface area contributed by atoms with E-state index in [-0.39, 0.29) is 24.4 Å². The van der Waals surface area contributed by atoms with E-state index in [0.717, 1.165) is 45.1 Å². The number of aliphatic hydroxyl groups excluding tert-OH is 1. The van der Waals surface area contributed by atoms with E-state index in [1.54, 1.807) is 7.11 Å². The topological polar surface area (TPSA) is 60.5 Å². The van der Waals surface area contributed by atoms with Crippen molar-refractivity contribution < 1.29 is 24.1 Å². The molecule has 0 spiro atoms. The van der Waals surface area contributed by atoms with E-state index in [1.807, 2.05) is 0 Å². The molecule has 0 aromatic carbocycles. The van der Waals surface area contributed by atoms with E-state index in [9.17, 15) is 5.11 Å². The Bertz CT molecular complexity index is 401. The van der Waals surface area contributed by atoms with Crippen LogP contribution in [0.25, 0.3) is 0 Å². The molecule has 2 rings (SSSR count). The summed E-state index contributed by atoms with van der Waals surface area (Å²) in [6, 6.07) is 0. The molecule has 0 aromatic heterocycles. The molecule has 2 aliphatic heterocycles. The minimum Gasteiger partial charge on any atom is -0.390 e. The highest BCUT2D eigenvalue weighted by atomic mass is 16.7. The zero-order valence-electron chi connectivity index (χ0n) is 19.7. The third-order valence-electron chi connectivity index (χ3n) is 6.60. The van der Waals surface area contributed by atoms with Crippen LogP contribution in [0.15, 0.2) is 0 Å². The van der Waals surface area contributed by atoms with Gasteiger partial charge in [-0.25, -0.2) is 0 Å². The van der Waals surface area contributed by atoms with Crippen LogP contribution in [0, 0.1) is 0 Å². The van der Waals surface area contributed by atoms with Gasteiger partial charge in [-0.1, -0.05) is 71.1 Å². The van der Waals surface area contributed by atoms with Gasteiger partial charge in [0.15, 0.2) is 0 Å². The summed E-state index contributed by atoms with van der Waals surface area (Å²) in [7, 11) is 1.67. The van der Waals surface area contributed by atoms with Crippen molar-refractivity contribution >= 4 is 0 Å². The first-order chi connectivity index (χ1) is 14.7. The number of methoxy groups -OCH3 is 1. The lowest BCUT2D eigenvalue weighted by Gasteiger charge is -2.25. The second-order valence-electron chi connectivity index (χ2n) is 9.33. The lowest BCUT2D eigenvalue weighted by Crippen LogP contribution is -2.33. The van der Waals surface area contributed by atoms with Crippen molar-refractivity contribution in [3.63, 3.8) is 0 Å². The number of unbranched alkanes of at least 4 members (excludes halogenated alkanes) is 9. The summed E-state index contributed by atoms with van der Waals surface area (Å²) in [6.07, 6.45) is 19.4. The van der Waals surface area contributed by atoms with Gasteiger partial charge in [0.05, 0.1) is 37.1 Å². The molecule has 2 saturated heterocycles. The van der Waals surface area contributed by atoms with Gasteiger partial charge in [-0.15, -0.1) is 0 Å². The van der Waals surface area contributed by atoms with Crippen molar-refractivity contribution in [2.75, 3.05) is 20.5 Å². The van der Waals surface area contributed by atoms with Gasteiger partial charge in [-0.05, 0) is 38.5 Å². The third-order valence-corrected chi connectivity index (χ3v) is 6.60. The monoisotopic (exact) mass is 428 g/mol. The summed E-state index contributed by atoms with van der Waals surface area (Å²) < 4.78 is 22.6. The van der Waals surface area contributed by atoms with E-state index in [0.29, 0.717) is 12.9 Å². The van der Waals surface area contributed by atoms with Crippen LogP contribution < -0.4 is 0 Å². The van der Waals surface area contributed by atoms with Crippen LogP contribution in [0.1, 0.15) is 110 Å². The van der Waals surface area contributed by atoms with E-state index in [1.165, 1.54) is 64.2 Å². The predicted octanol–water partition coefficient (Wildman–Crippen LogP) is 5.76. The minimum atomic E-state index is -0.367. The molecule has 5 nitrogen and oxygen atoms in total. The second kappa shape index (κ2) is 16.4. The zero-order valence-corrected chi connectivity index (χ0v) is 19.7. The fraction of sp³-hybridized carbons (Fsp3) is 1.00. The average Bonchev–Trinajstić information content (AvgIpc) is 3.44. The fourth-order valence-corrected chi connectivity index (χ4v) is 4.59. The number of hydrogen-bond donors (Lipinski definition) is 1. The number of aliphatic hydroxyl groups is 1. The summed E-state index contributed by atoms with van der Waals surface area (Å²) in [5, 5.41) is 10.5. The van der Waals surface area contributed by atoms with Crippen LogP contribution >= 0.6 is 0 Å². The molecule has 0 bridgehead atoms. The van der Waals surface area contributed by atoms with Crippen molar-refractivity contribution in [1.29, 1.82) is 0 Å². The highest BCUT2D eigenvalue weighted by Gasteiger charge is 2.35. The van der Waals surface area contributed by atoms with Gasteiger partial charge in [0.2, 0.25) is 0 Å². The van der Waals surface area contributed by atoms with Gasteiger partial charge in [0.25, 0.3) is 0 Å². The molecule has 2 heterocycles. The first kappa shape index (κ1) is 26.1. The Morgan fingerprint density at radius 1 is 0.867 bits per heavy atom. The normalized spacial score (nSPS) is 25.5. The molecule has 0 saturated carbocycles. The quantitative estimate of drug-likeness (QED) is 0.152. The Labute approximate surface area is 185 Å². The summed E-state index contributed by atoms with van der Waals surface area (Å²) >= 11 is 0. The molecule has 1 N–H and O–H groups in total. The lowest BCUT2D eigenvalue weighted by atomic mass is 10.0. The van der Waals surface area contributed by atoms with E-state index in [2.05, 4.69) is 6.92 Å². The van der Waals surface area contributed by atoms with Crippen LogP contribution in [0.5, 0.6) is 0 Å². The van der Waals surface area contributed by atoms with Gasteiger partial charge in [-0.2, -0.15) is 0 Å². The van der Waals surface area contributed by atoms with Crippen LogP contribution in [0.3, 0.4) is 0 Å². The Balaban J connectivity index is 1.56. The van der Waals surface area contributed by atoms with Crippen molar-refractivity contribution in [3.8, 4) is 0 Å². The van der Waals surface area contributed by atoms with Crippen LogP contribution in [-0.4, -0.2) is 56.1 Å². The number of ether oxygens (including phenoxy) is 4. The molecule has 0 aliphatic carbocycles. The van der Waals surface area contributed by atoms with Crippen molar-refractivity contribution in [3.05, 3.63) is 0 Å².